The second-order valence-electron chi connectivity index (χ2n) is 4.80. The van der Waals surface area contributed by atoms with Gasteiger partial charge in [-0.05, 0) is 30.7 Å². The predicted molar refractivity (Wildman–Crippen MR) is 83.1 cm³/mol. The van der Waals surface area contributed by atoms with E-state index in [4.69, 9.17) is 9.47 Å². The zero-order chi connectivity index (χ0) is 14.3. The Bertz CT molecular complexity index is 419. The summed E-state index contributed by atoms with van der Waals surface area (Å²) in [6.07, 6.45) is 0. The van der Waals surface area contributed by atoms with Crippen LogP contribution < -0.4 is 14.8 Å². The van der Waals surface area contributed by atoms with Gasteiger partial charge < -0.3 is 14.8 Å². The molecule has 0 spiro atoms. The van der Waals surface area contributed by atoms with Gasteiger partial charge in [0, 0.05) is 16.6 Å². The van der Waals surface area contributed by atoms with Gasteiger partial charge in [-0.2, -0.15) is 0 Å². The molecule has 1 N–H and O–H groups in total. The molecule has 0 radical (unpaired) electrons. The fourth-order valence-electron chi connectivity index (χ4n) is 1.61. The van der Waals surface area contributed by atoms with Gasteiger partial charge in [-0.3, -0.25) is 0 Å². The normalized spacial score (nSPS) is 10.6. The molecule has 4 heteroatoms. The van der Waals surface area contributed by atoms with Crippen molar-refractivity contribution in [1.29, 1.82) is 0 Å². The SMILES string of the molecule is C=C(Br)COc1ccc(OC)cc1CNCC(C)C. The van der Waals surface area contributed by atoms with E-state index in [1.165, 1.54) is 0 Å². The molecule has 0 aliphatic carbocycles. The van der Waals surface area contributed by atoms with E-state index < -0.39 is 0 Å². The Hall–Kier alpha value is -1.00. The smallest absolute Gasteiger partial charge is 0.124 e. The Morgan fingerprint density at radius 2 is 2.16 bits per heavy atom. The maximum Gasteiger partial charge on any atom is 0.124 e. The topological polar surface area (TPSA) is 30.5 Å². The zero-order valence-corrected chi connectivity index (χ0v) is 13.4. The summed E-state index contributed by atoms with van der Waals surface area (Å²) in [5.41, 5.74) is 1.09. The maximum absolute atomic E-state index is 5.71. The number of benzene rings is 1. The van der Waals surface area contributed by atoms with Gasteiger partial charge in [-0.1, -0.05) is 36.4 Å². The van der Waals surface area contributed by atoms with Crippen LogP contribution in [0.1, 0.15) is 19.4 Å². The predicted octanol–water partition coefficient (Wildman–Crippen LogP) is 3.73. The van der Waals surface area contributed by atoms with Gasteiger partial charge >= 0.3 is 0 Å². The highest BCUT2D eigenvalue weighted by molar-refractivity contribution is 9.11. The largest absolute Gasteiger partial charge is 0.497 e. The minimum atomic E-state index is 0.462. The molecule has 0 aliphatic rings. The monoisotopic (exact) mass is 327 g/mol. The Kier molecular flexibility index (Phi) is 6.95. The molecule has 0 fully saturated rings. The molecule has 0 bridgehead atoms. The molecule has 0 saturated heterocycles. The minimum Gasteiger partial charge on any atom is -0.497 e. The van der Waals surface area contributed by atoms with Crippen molar-refractivity contribution in [2.45, 2.75) is 20.4 Å². The average molecular weight is 328 g/mol. The van der Waals surface area contributed by atoms with Crippen molar-refractivity contribution in [2.75, 3.05) is 20.3 Å². The summed E-state index contributed by atoms with van der Waals surface area (Å²) in [5, 5.41) is 3.41. The number of ether oxygens (including phenoxy) is 2. The Labute approximate surface area is 124 Å². The lowest BCUT2D eigenvalue weighted by atomic mass is 10.1. The van der Waals surface area contributed by atoms with Gasteiger partial charge in [-0.15, -0.1) is 0 Å². The van der Waals surface area contributed by atoms with Crippen molar-refractivity contribution in [3.63, 3.8) is 0 Å². The Morgan fingerprint density at radius 3 is 2.74 bits per heavy atom. The molecule has 1 aromatic carbocycles. The lowest BCUT2D eigenvalue weighted by Crippen LogP contribution is -2.19. The average Bonchev–Trinajstić information content (AvgIpc) is 2.36. The number of hydrogen-bond acceptors (Lipinski definition) is 3. The summed E-state index contributed by atoms with van der Waals surface area (Å²) in [6, 6.07) is 5.83. The molecule has 0 saturated carbocycles. The van der Waals surface area contributed by atoms with Crippen LogP contribution in [-0.2, 0) is 6.54 Å². The van der Waals surface area contributed by atoms with Gasteiger partial charge in [0.1, 0.15) is 18.1 Å². The molecule has 1 rings (SSSR count). The molecule has 0 aromatic heterocycles. The number of methoxy groups -OCH3 is 1. The van der Waals surface area contributed by atoms with Gasteiger partial charge in [0.15, 0.2) is 0 Å². The fourth-order valence-corrected chi connectivity index (χ4v) is 1.73. The minimum absolute atomic E-state index is 0.462. The molecule has 0 aliphatic heterocycles. The van der Waals surface area contributed by atoms with E-state index in [1.54, 1.807) is 7.11 Å². The zero-order valence-electron chi connectivity index (χ0n) is 11.8. The molecule has 0 atom stereocenters. The van der Waals surface area contributed by atoms with Crippen molar-refractivity contribution >= 4 is 15.9 Å². The lowest BCUT2D eigenvalue weighted by molar-refractivity contribution is 0.353. The molecule has 1 aromatic rings. The van der Waals surface area contributed by atoms with Crippen LogP contribution in [-0.4, -0.2) is 20.3 Å². The van der Waals surface area contributed by atoms with Crippen LogP contribution in [0.2, 0.25) is 0 Å². The summed E-state index contributed by atoms with van der Waals surface area (Å²) in [4.78, 5) is 0. The first-order valence-corrected chi connectivity index (χ1v) is 7.16. The van der Waals surface area contributed by atoms with E-state index >= 15 is 0 Å². The van der Waals surface area contributed by atoms with Crippen molar-refractivity contribution in [2.24, 2.45) is 5.92 Å². The standard InChI is InChI=1S/C15H22BrNO2/c1-11(2)8-17-9-13-7-14(18-4)5-6-15(13)19-10-12(3)16/h5-7,11,17H,3,8-10H2,1-2,4H3. The maximum atomic E-state index is 5.71. The molecule has 0 unspecified atom stereocenters. The third-order valence-corrected chi connectivity index (χ3v) is 2.75. The number of hydrogen-bond donors (Lipinski definition) is 1. The third kappa shape index (κ3) is 6.12. The quantitative estimate of drug-likeness (QED) is 0.789. The highest BCUT2D eigenvalue weighted by Gasteiger charge is 2.06. The first-order valence-electron chi connectivity index (χ1n) is 6.36. The molecular weight excluding hydrogens is 306 g/mol. The van der Waals surface area contributed by atoms with Crippen LogP contribution in [0.5, 0.6) is 11.5 Å². The van der Waals surface area contributed by atoms with E-state index in [1.807, 2.05) is 18.2 Å². The third-order valence-electron chi connectivity index (χ3n) is 2.52. The van der Waals surface area contributed by atoms with Crippen LogP contribution in [0.3, 0.4) is 0 Å². The highest BCUT2D eigenvalue weighted by atomic mass is 79.9. The number of halogens is 1. The summed E-state index contributed by atoms with van der Waals surface area (Å²) >= 11 is 3.30. The fraction of sp³-hybridized carbons (Fsp3) is 0.467. The summed E-state index contributed by atoms with van der Waals surface area (Å²) in [7, 11) is 1.67. The molecule has 3 nitrogen and oxygen atoms in total. The van der Waals surface area contributed by atoms with Gasteiger partial charge in [0.2, 0.25) is 0 Å². The van der Waals surface area contributed by atoms with Gasteiger partial charge in [0.05, 0.1) is 7.11 Å². The second kappa shape index (κ2) is 8.23. The summed E-state index contributed by atoms with van der Waals surface area (Å²) < 4.78 is 11.8. The lowest BCUT2D eigenvalue weighted by Gasteiger charge is -2.14. The Morgan fingerprint density at radius 1 is 1.42 bits per heavy atom. The molecule has 0 heterocycles. The molecule has 0 amide bonds. The molecular formula is C15H22BrNO2. The van der Waals surface area contributed by atoms with Crippen molar-refractivity contribution in [3.8, 4) is 11.5 Å². The van der Waals surface area contributed by atoms with E-state index in [9.17, 15) is 0 Å². The second-order valence-corrected chi connectivity index (χ2v) is 5.93. The van der Waals surface area contributed by atoms with Gasteiger partial charge in [-0.25, -0.2) is 0 Å². The van der Waals surface area contributed by atoms with Crippen LogP contribution in [0.15, 0.2) is 29.3 Å². The van der Waals surface area contributed by atoms with Crippen LogP contribution in [0.4, 0.5) is 0 Å². The van der Waals surface area contributed by atoms with Crippen LogP contribution >= 0.6 is 15.9 Å². The molecule has 106 valence electrons. The number of nitrogens with one attached hydrogen (secondary N) is 1. The Balaban J connectivity index is 2.74. The van der Waals surface area contributed by atoms with Crippen LogP contribution in [0.25, 0.3) is 0 Å². The van der Waals surface area contributed by atoms with Crippen molar-refractivity contribution in [3.05, 3.63) is 34.8 Å². The van der Waals surface area contributed by atoms with E-state index in [2.05, 4.69) is 41.7 Å². The van der Waals surface area contributed by atoms with E-state index in [0.717, 1.165) is 34.6 Å². The highest BCUT2D eigenvalue weighted by Crippen LogP contribution is 2.25. The summed E-state index contributed by atoms with van der Waals surface area (Å²) in [6.45, 7) is 10.3. The summed E-state index contributed by atoms with van der Waals surface area (Å²) in [5.74, 6) is 2.32. The number of rotatable bonds is 8. The van der Waals surface area contributed by atoms with Crippen molar-refractivity contribution in [1.82, 2.24) is 5.32 Å². The van der Waals surface area contributed by atoms with Gasteiger partial charge in [0.25, 0.3) is 0 Å². The molecule has 19 heavy (non-hydrogen) atoms. The van der Waals surface area contributed by atoms with E-state index in [0.29, 0.717) is 12.5 Å². The first-order chi connectivity index (χ1) is 9.02. The first kappa shape index (κ1) is 16.1. The van der Waals surface area contributed by atoms with Crippen molar-refractivity contribution < 1.29 is 9.47 Å². The van der Waals surface area contributed by atoms with Crippen LogP contribution in [0, 0.1) is 5.92 Å². The van der Waals surface area contributed by atoms with E-state index in [-0.39, 0.29) is 0 Å².